The molecule has 2 atom stereocenters. The minimum Gasteiger partial charge on any atom is -0.349 e. The summed E-state index contributed by atoms with van der Waals surface area (Å²) in [6.07, 6.45) is 0. The SMILES string of the molecule is CC(C(=O)NC(c1ccc(F)cc1)C(C)(C)C)C1CNC1.Cl. The van der Waals surface area contributed by atoms with Crippen LogP contribution in [0.5, 0.6) is 0 Å². The summed E-state index contributed by atoms with van der Waals surface area (Å²) >= 11 is 0. The highest BCUT2D eigenvalue weighted by atomic mass is 35.5. The van der Waals surface area contributed by atoms with E-state index >= 15 is 0 Å². The van der Waals surface area contributed by atoms with E-state index in [1.165, 1.54) is 12.1 Å². The molecule has 1 amide bonds. The molecule has 0 aromatic heterocycles. The molecule has 1 aromatic carbocycles. The molecule has 1 aliphatic rings. The molecule has 5 heteroatoms. The number of nitrogens with one attached hydrogen (secondary N) is 2. The standard InChI is InChI=1S/C17H25FN2O.ClH/c1-11(13-9-19-10-13)16(21)20-15(17(2,3)4)12-5-7-14(18)8-6-12;/h5-8,11,13,15,19H,9-10H2,1-4H3,(H,20,21);1H. The second-order valence-electron chi connectivity index (χ2n) is 7.07. The molecule has 0 saturated carbocycles. The quantitative estimate of drug-likeness (QED) is 0.890. The maximum absolute atomic E-state index is 13.1. The van der Waals surface area contributed by atoms with Crippen molar-refractivity contribution in [2.45, 2.75) is 33.7 Å². The normalized spacial score (nSPS) is 17.9. The van der Waals surface area contributed by atoms with Crippen molar-refractivity contribution in [3.8, 4) is 0 Å². The van der Waals surface area contributed by atoms with Crippen molar-refractivity contribution in [3.63, 3.8) is 0 Å². The summed E-state index contributed by atoms with van der Waals surface area (Å²) in [4.78, 5) is 12.5. The molecule has 124 valence electrons. The van der Waals surface area contributed by atoms with E-state index in [9.17, 15) is 9.18 Å². The molecule has 1 aromatic rings. The van der Waals surface area contributed by atoms with Gasteiger partial charge in [-0.25, -0.2) is 4.39 Å². The minimum absolute atomic E-state index is 0. The molecule has 2 N–H and O–H groups in total. The Balaban J connectivity index is 0.00000242. The number of rotatable bonds is 4. The lowest BCUT2D eigenvalue weighted by molar-refractivity contribution is -0.128. The predicted octanol–water partition coefficient (Wildman–Crippen LogP) is 3.31. The summed E-state index contributed by atoms with van der Waals surface area (Å²) in [7, 11) is 0. The first-order valence-corrected chi connectivity index (χ1v) is 7.55. The molecule has 0 spiro atoms. The van der Waals surface area contributed by atoms with Gasteiger partial charge in [0.25, 0.3) is 0 Å². The van der Waals surface area contributed by atoms with Crippen molar-refractivity contribution >= 4 is 18.3 Å². The van der Waals surface area contributed by atoms with Gasteiger partial charge in [-0.2, -0.15) is 0 Å². The molecule has 1 heterocycles. The number of halogens is 2. The molecular weight excluding hydrogens is 303 g/mol. The zero-order chi connectivity index (χ0) is 15.6. The molecule has 2 rings (SSSR count). The van der Waals surface area contributed by atoms with Crippen molar-refractivity contribution in [2.24, 2.45) is 17.3 Å². The van der Waals surface area contributed by atoms with E-state index in [0.717, 1.165) is 18.7 Å². The first-order chi connectivity index (χ1) is 9.79. The van der Waals surface area contributed by atoms with E-state index in [1.807, 2.05) is 6.92 Å². The summed E-state index contributed by atoms with van der Waals surface area (Å²) < 4.78 is 13.1. The van der Waals surface area contributed by atoms with Crippen LogP contribution < -0.4 is 10.6 Å². The summed E-state index contributed by atoms with van der Waals surface area (Å²) in [6, 6.07) is 6.27. The van der Waals surface area contributed by atoms with E-state index in [0.29, 0.717) is 5.92 Å². The fourth-order valence-electron chi connectivity index (χ4n) is 2.61. The van der Waals surface area contributed by atoms with E-state index < -0.39 is 0 Å². The van der Waals surface area contributed by atoms with Gasteiger partial charge in [0.05, 0.1) is 6.04 Å². The van der Waals surface area contributed by atoms with Crippen LogP contribution >= 0.6 is 12.4 Å². The van der Waals surface area contributed by atoms with Gasteiger partial charge in [0.2, 0.25) is 5.91 Å². The predicted molar refractivity (Wildman–Crippen MR) is 89.5 cm³/mol. The summed E-state index contributed by atoms with van der Waals surface area (Å²) in [5, 5.41) is 6.35. The maximum Gasteiger partial charge on any atom is 0.223 e. The van der Waals surface area contributed by atoms with E-state index in [2.05, 4.69) is 31.4 Å². The van der Waals surface area contributed by atoms with Crippen LogP contribution in [-0.4, -0.2) is 19.0 Å². The van der Waals surface area contributed by atoms with Crippen molar-refractivity contribution in [3.05, 3.63) is 35.6 Å². The third-order valence-corrected chi connectivity index (χ3v) is 4.29. The number of hydrogen-bond acceptors (Lipinski definition) is 2. The Hall–Kier alpha value is -1.13. The second-order valence-corrected chi connectivity index (χ2v) is 7.07. The van der Waals surface area contributed by atoms with Crippen LogP contribution in [0.2, 0.25) is 0 Å². The van der Waals surface area contributed by atoms with E-state index in [4.69, 9.17) is 0 Å². The van der Waals surface area contributed by atoms with Gasteiger partial charge >= 0.3 is 0 Å². The fraction of sp³-hybridized carbons (Fsp3) is 0.588. The molecule has 1 fully saturated rings. The van der Waals surface area contributed by atoms with Crippen LogP contribution in [-0.2, 0) is 4.79 Å². The summed E-state index contributed by atoms with van der Waals surface area (Å²) in [5.74, 6) is 0.229. The Labute approximate surface area is 138 Å². The first kappa shape index (κ1) is 18.9. The van der Waals surface area contributed by atoms with Gasteiger partial charge in [0.1, 0.15) is 5.82 Å². The number of benzene rings is 1. The Kier molecular flexibility index (Phi) is 6.38. The first-order valence-electron chi connectivity index (χ1n) is 7.55. The molecule has 1 aliphatic heterocycles. The second kappa shape index (κ2) is 7.42. The highest BCUT2D eigenvalue weighted by Crippen LogP contribution is 2.33. The fourth-order valence-corrected chi connectivity index (χ4v) is 2.61. The Morgan fingerprint density at radius 2 is 1.82 bits per heavy atom. The van der Waals surface area contributed by atoms with Gasteiger partial charge in [-0.15, -0.1) is 12.4 Å². The van der Waals surface area contributed by atoms with Crippen LogP contribution in [0.1, 0.15) is 39.3 Å². The molecule has 2 unspecified atom stereocenters. The van der Waals surface area contributed by atoms with Crippen LogP contribution in [0.3, 0.4) is 0 Å². The van der Waals surface area contributed by atoms with Gasteiger partial charge in [-0.05, 0) is 42.1 Å². The van der Waals surface area contributed by atoms with Crippen molar-refractivity contribution < 1.29 is 9.18 Å². The average molecular weight is 329 g/mol. The number of hydrogen-bond donors (Lipinski definition) is 2. The van der Waals surface area contributed by atoms with Crippen molar-refractivity contribution in [2.75, 3.05) is 13.1 Å². The van der Waals surface area contributed by atoms with Crippen LogP contribution in [0, 0.1) is 23.1 Å². The zero-order valence-corrected chi connectivity index (χ0v) is 14.5. The lowest BCUT2D eigenvalue weighted by atomic mass is 9.81. The lowest BCUT2D eigenvalue weighted by Crippen LogP contribution is -2.50. The van der Waals surface area contributed by atoms with Crippen molar-refractivity contribution in [1.29, 1.82) is 0 Å². The zero-order valence-electron chi connectivity index (χ0n) is 13.7. The van der Waals surface area contributed by atoms with E-state index in [1.54, 1.807) is 12.1 Å². The Morgan fingerprint density at radius 1 is 1.27 bits per heavy atom. The highest BCUT2D eigenvalue weighted by Gasteiger charge is 2.33. The van der Waals surface area contributed by atoms with E-state index in [-0.39, 0.29) is 41.5 Å². The monoisotopic (exact) mass is 328 g/mol. The number of amides is 1. The lowest BCUT2D eigenvalue weighted by Gasteiger charge is -2.36. The number of carbonyl (C=O) groups is 1. The highest BCUT2D eigenvalue weighted by molar-refractivity contribution is 5.85. The molecular formula is C17H26ClFN2O. The molecule has 3 nitrogen and oxygen atoms in total. The number of carbonyl (C=O) groups excluding carboxylic acids is 1. The van der Waals surface area contributed by atoms with Gasteiger partial charge in [0, 0.05) is 5.92 Å². The molecule has 0 bridgehead atoms. The van der Waals surface area contributed by atoms with Gasteiger partial charge in [-0.3, -0.25) is 4.79 Å². The molecule has 22 heavy (non-hydrogen) atoms. The Morgan fingerprint density at radius 3 is 2.23 bits per heavy atom. The minimum atomic E-state index is -0.258. The van der Waals surface area contributed by atoms with Crippen LogP contribution in [0.15, 0.2) is 24.3 Å². The molecule has 0 radical (unpaired) electrons. The molecule has 1 saturated heterocycles. The van der Waals surface area contributed by atoms with Gasteiger partial charge in [-0.1, -0.05) is 39.8 Å². The largest absolute Gasteiger partial charge is 0.349 e. The third-order valence-electron chi connectivity index (χ3n) is 4.29. The molecule has 0 aliphatic carbocycles. The van der Waals surface area contributed by atoms with Crippen molar-refractivity contribution in [1.82, 2.24) is 10.6 Å². The van der Waals surface area contributed by atoms with Gasteiger partial charge < -0.3 is 10.6 Å². The smallest absolute Gasteiger partial charge is 0.223 e. The Bertz CT molecular complexity index is 494. The average Bonchev–Trinajstić information content (AvgIpc) is 2.33. The topological polar surface area (TPSA) is 41.1 Å². The summed E-state index contributed by atoms with van der Waals surface area (Å²) in [5.41, 5.74) is 0.807. The maximum atomic E-state index is 13.1. The third kappa shape index (κ3) is 4.43. The van der Waals surface area contributed by atoms with Gasteiger partial charge in [0.15, 0.2) is 0 Å². The van der Waals surface area contributed by atoms with Crippen LogP contribution in [0.4, 0.5) is 4.39 Å². The summed E-state index contributed by atoms with van der Waals surface area (Å²) in [6.45, 7) is 10.0. The van der Waals surface area contributed by atoms with Crippen LogP contribution in [0.25, 0.3) is 0 Å².